The van der Waals surface area contributed by atoms with Gasteiger partial charge in [0, 0.05) is 0 Å². The first-order valence-electron chi connectivity index (χ1n) is 7.28. The number of rotatable bonds is 7. The van der Waals surface area contributed by atoms with Crippen LogP contribution in [0, 0.1) is 5.92 Å². The fraction of sp³-hybridized carbons (Fsp3) is 0.733. The number of furan rings is 1. The zero-order valence-corrected chi connectivity index (χ0v) is 12.8. The summed E-state index contributed by atoms with van der Waals surface area (Å²) in [5.41, 5.74) is 0. The Bertz CT molecular complexity index is 344. The summed E-state index contributed by atoms with van der Waals surface area (Å²) in [5, 5.41) is 3.61. The summed E-state index contributed by atoms with van der Waals surface area (Å²) in [6, 6.07) is 4.47. The Morgan fingerprint density at radius 1 is 1.39 bits per heavy atom. The van der Waals surface area contributed by atoms with Gasteiger partial charge in [-0.3, -0.25) is 0 Å². The largest absolute Gasteiger partial charge is 0.453 e. The smallest absolute Gasteiger partial charge is 0.169 e. The average Bonchev–Trinajstić information content (AvgIpc) is 3.01. The molecule has 1 heterocycles. The Labute approximate surface area is 119 Å². The third kappa shape index (κ3) is 4.13. The van der Waals surface area contributed by atoms with Crippen LogP contribution in [0.25, 0.3) is 0 Å². The van der Waals surface area contributed by atoms with Gasteiger partial charge in [-0.25, -0.2) is 0 Å². The highest BCUT2D eigenvalue weighted by molar-refractivity contribution is 9.10. The minimum atomic E-state index is 0.386. The molecule has 3 heteroatoms. The Kier molecular flexibility index (Phi) is 5.77. The van der Waals surface area contributed by atoms with Crippen molar-refractivity contribution in [1.82, 2.24) is 5.32 Å². The molecule has 1 saturated carbocycles. The molecule has 2 nitrogen and oxygen atoms in total. The molecule has 0 aromatic carbocycles. The van der Waals surface area contributed by atoms with E-state index in [4.69, 9.17) is 4.42 Å². The van der Waals surface area contributed by atoms with Crippen molar-refractivity contribution in [2.45, 2.75) is 57.9 Å². The zero-order valence-electron chi connectivity index (χ0n) is 11.3. The topological polar surface area (TPSA) is 25.2 Å². The van der Waals surface area contributed by atoms with Gasteiger partial charge in [0.15, 0.2) is 4.67 Å². The van der Waals surface area contributed by atoms with E-state index in [1.54, 1.807) is 0 Å². The van der Waals surface area contributed by atoms with E-state index in [9.17, 15) is 0 Å². The van der Waals surface area contributed by atoms with E-state index in [2.05, 4.69) is 34.2 Å². The number of halogens is 1. The molecule has 1 aliphatic rings. The first-order chi connectivity index (χ1) is 8.79. The molecule has 18 heavy (non-hydrogen) atoms. The van der Waals surface area contributed by atoms with E-state index in [0.717, 1.165) is 22.9 Å². The second kappa shape index (κ2) is 7.34. The van der Waals surface area contributed by atoms with Crippen molar-refractivity contribution in [3.05, 3.63) is 22.6 Å². The van der Waals surface area contributed by atoms with Crippen molar-refractivity contribution >= 4 is 15.9 Å². The second-order valence-corrected chi connectivity index (χ2v) is 6.16. The van der Waals surface area contributed by atoms with Gasteiger partial charge in [0.25, 0.3) is 0 Å². The normalized spacial score (nSPS) is 18.3. The van der Waals surface area contributed by atoms with Crippen molar-refractivity contribution in [3.8, 4) is 0 Å². The van der Waals surface area contributed by atoms with Crippen molar-refractivity contribution in [2.24, 2.45) is 5.92 Å². The molecule has 0 saturated heterocycles. The average molecular weight is 314 g/mol. The molecular weight excluding hydrogens is 290 g/mol. The fourth-order valence-electron chi connectivity index (χ4n) is 2.88. The summed E-state index contributed by atoms with van der Waals surface area (Å²) in [7, 11) is 0. The molecule has 0 bridgehead atoms. The van der Waals surface area contributed by atoms with Gasteiger partial charge in [-0.2, -0.15) is 0 Å². The molecule has 1 aliphatic carbocycles. The highest BCUT2D eigenvalue weighted by Crippen LogP contribution is 2.32. The van der Waals surface area contributed by atoms with E-state index < -0.39 is 0 Å². The van der Waals surface area contributed by atoms with E-state index in [-0.39, 0.29) is 0 Å². The molecular formula is C15H24BrNO. The number of hydrogen-bond donors (Lipinski definition) is 1. The van der Waals surface area contributed by atoms with Crippen LogP contribution in [0.5, 0.6) is 0 Å². The molecule has 1 aromatic heterocycles. The molecule has 0 radical (unpaired) electrons. The number of nitrogens with one attached hydrogen (secondary N) is 1. The Hall–Kier alpha value is -0.280. The summed E-state index contributed by atoms with van der Waals surface area (Å²) in [5.74, 6) is 2.03. The predicted molar refractivity (Wildman–Crippen MR) is 78.6 cm³/mol. The maximum absolute atomic E-state index is 5.71. The maximum Gasteiger partial charge on any atom is 0.169 e. The summed E-state index contributed by atoms with van der Waals surface area (Å²) in [6.07, 6.45) is 9.44. The molecule has 1 fully saturated rings. The van der Waals surface area contributed by atoms with Crippen molar-refractivity contribution in [1.29, 1.82) is 0 Å². The van der Waals surface area contributed by atoms with Gasteiger partial charge in [-0.15, -0.1) is 0 Å². The molecule has 0 aliphatic heterocycles. The van der Waals surface area contributed by atoms with Crippen molar-refractivity contribution < 1.29 is 4.42 Å². The van der Waals surface area contributed by atoms with Gasteiger partial charge < -0.3 is 9.73 Å². The van der Waals surface area contributed by atoms with Gasteiger partial charge in [-0.1, -0.05) is 32.6 Å². The van der Waals surface area contributed by atoms with Crippen LogP contribution >= 0.6 is 15.9 Å². The van der Waals surface area contributed by atoms with Gasteiger partial charge in [0.1, 0.15) is 5.76 Å². The Morgan fingerprint density at radius 3 is 2.78 bits per heavy atom. The minimum absolute atomic E-state index is 0.386. The zero-order chi connectivity index (χ0) is 12.8. The lowest BCUT2D eigenvalue weighted by molar-refractivity contribution is 0.354. The fourth-order valence-corrected chi connectivity index (χ4v) is 3.20. The summed E-state index contributed by atoms with van der Waals surface area (Å²) >= 11 is 3.39. The van der Waals surface area contributed by atoms with E-state index in [0.29, 0.717) is 6.04 Å². The summed E-state index contributed by atoms with van der Waals surface area (Å²) in [4.78, 5) is 0. The molecule has 1 aromatic rings. The van der Waals surface area contributed by atoms with Crippen LogP contribution in [0.1, 0.15) is 63.7 Å². The summed E-state index contributed by atoms with van der Waals surface area (Å²) < 4.78 is 6.55. The lowest BCUT2D eigenvalue weighted by Crippen LogP contribution is -2.22. The number of hydrogen-bond acceptors (Lipinski definition) is 2. The molecule has 1 atom stereocenters. The summed E-state index contributed by atoms with van der Waals surface area (Å²) in [6.45, 7) is 3.27. The van der Waals surface area contributed by atoms with Crippen LogP contribution in [-0.4, -0.2) is 6.54 Å². The van der Waals surface area contributed by atoms with Crippen LogP contribution in [0.15, 0.2) is 21.2 Å². The van der Waals surface area contributed by atoms with Gasteiger partial charge in [0.05, 0.1) is 6.04 Å². The maximum atomic E-state index is 5.71. The predicted octanol–water partition coefficient (Wildman–Crippen LogP) is 5.05. The van der Waals surface area contributed by atoms with Crippen LogP contribution < -0.4 is 5.32 Å². The molecule has 1 unspecified atom stereocenters. The SMILES string of the molecule is CCCNC(CCC1CCCC1)c1ccc(Br)o1. The van der Waals surface area contributed by atoms with Crippen LogP contribution in [0.4, 0.5) is 0 Å². The van der Waals surface area contributed by atoms with Crippen LogP contribution in [-0.2, 0) is 0 Å². The van der Waals surface area contributed by atoms with Crippen LogP contribution in [0.3, 0.4) is 0 Å². The second-order valence-electron chi connectivity index (χ2n) is 5.38. The first-order valence-corrected chi connectivity index (χ1v) is 8.07. The van der Waals surface area contributed by atoms with Gasteiger partial charge in [-0.05, 0) is 59.8 Å². The van der Waals surface area contributed by atoms with Gasteiger partial charge >= 0.3 is 0 Å². The van der Waals surface area contributed by atoms with Crippen molar-refractivity contribution in [2.75, 3.05) is 6.54 Å². The monoisotopic (exact) mass is 313 g/mol. The van der Waals surface area contributed by atoms with Crippen LogP contribution in [0.2, 0.25) is 0 Å². The minimum Gasteiger partial charge on any atom is -0.453 e. The quantitative estimate of drug-likeness (QED) is 0.761. The Balaban J connectivity index is 1.87. The Morgan fingerprint density at radius 2 is 2.17 bits per heavy atom. The molecule has 0 spiro atoms. The lowest BCUT2D eigenvalue weighted by Gasteiger charge is -2.18. The molecule has 2 rings (SSSR count). The standard InChI is InChI=1S/C15H24BrNO/c1-2-11-17-13(14-9-10-15(16)18-14)8-7-12-5-3-4-6-12/h9-10,12-13,17H,2-8,11H2,1H3. The third-order valence-electron chi connectivity index (χ3n) is 3.92. The first kappa shape index (κ1) is 14.1. The molecule has 1 N–H and O–H groups in total. The molecule has 102 valence electrons. The van der Waals surface area contributed by atoms with E-state index in [1.807, 2.05) is 6.07 Å². The van der Waals surface area contributed by atoms with E-state index in [1.165, 1.54) is 44.9 Å². The molecule has 0 amide bonds. The highest BCUT2D eigenvalue weighted by atomic mass is 79.9. The van der Waals surface area contributed by atoms with Gasteiger partial charge in [0.2, 0.25) is 0 Å². The highest BCUT2D eigenvalue weighted by Gasteiger charge is 2.19. The third-order valence-corrected chi connectivity index (χ3v) is 4.34. The van der Waals surface area contributed by atoms with Crippen molar-refractivity contribution in [3.63, 3.8) is 0 Å². The van der Waals surface area contributed by atoms with E-state index >= 15 is 0 Å². The lowest BCUT2D eigenvalue weighted by atomic mass is 9.97.